The van der Waals surface area contributed by atoms with Crippen LogP contribution in [0.4, 0.5) is 24.5 Å². The summed E-state index contributed by atoms with van der Waals surface area (Å²) in [7, 11) is 0. The molecular weight excluding hydrogens is 473 g/mol. The predicted octanol–water partition coefficient (Wildman–Crippen LogP) is 6.70. The predicted molar refractivity (Wildman–Crippen MR) is 115 cm³/mol. The number of nitrogens with zero attached hydrogens (tertiary/aromatic N) is 1. The molecule has 0 saturated heterocycles. The van der Waals surface area contributed by atoms with Crippen LogP contribution in [-0.4, -0.2) is 5.91 Å². The van der Waals surface area contributed by atoms with Crippen LogP contribution < -0.4 is 10.9 Å². The maximum atomic E-state index is 12.9. The van der Waals surface area contributed by atoms with Crippen LogP contribution in [0, 0.1) is 0 Å². The molecule has 0 spiro atoms. The van der Waals surface area contributed by atoms with Crippen molar-refractivity contribution in [2.45, 2.75) is 6.18 Å². The van der Waals surface area contributed by atoms with Crippen LogP contribution in [0.15, 0.2) is 92.7 Å². The zero-order valence-corrected chi connectivity index (χ0v) is 17.4. The molecule has 156 valence electrons. The Morgan fingerprint density at radius 3 is 2.32 bits per heavy atom. The summed E-state index contributed by atoms with van der Waals surface area (Å²) < 4.78 is 45.1. The summed E-state index contributed by atoms with van der Waals surface area (Å²) in [5.74, 6) is -0.456. The molecule has 1 heterocycles. The molecule has 0 aliphatic rings. The van der Waals surface area contributed by atoms with Crippen molar-refractivity contribution >= 4 is 44.2 Å². The van der Waals surface area contributed by atoms with Crippen molar-refractivity contribution in [1.82, 2.24) is 0 Å². The van der Waals surface area contributed by atoms with E-state index in [9.17, 15) is 18.0 Å². The van der Waals surface area contributed by atoms with E-state index in [-0.39, 0.29) is 16.8 Å². The van der Waals surface area contributed by atoms with Gasteiger partial charge in [-0.15, -0.1) is 0 Å². The Balaban J connectivity index is 1.82. The van der Waals surface area contributed by atoms with Crippen molar-refractivity contribution in [3.05, 3.63) is 100 Å². The molecule has 0 unspecified atom stereocenters. The first kappa shape index (κ1) is 20.9. The number of para-hydroxylation sites is 1. The molecule has 3 aromatic carbocycles. The third-order valence-corrected chi connectivity index (χ3v) is 4.90. The van der Waals surface area contributed by atoms with Crippen LogP contribution in [0.3, 0.4) is 0 Å². The highest BCUT2D eigenvalue weighted by Gasteiger charge is 2.29. The van der Waals surface area contributed by atoms with Gasteiger partial charge in [0.1, 0.15) is 11.1 Å². The number of carbonyl (C=O) groups is 1. The number of carbonyl (C=O) groups excluding carboxylic acids is 1. The van der Waals surface area contributed by atoms with E-state index in [1.165, 1.54) is 12.1 Å². The van der Waals surface area contributed by atoms with E-state index in [0.29, 0.717) is 16.7 Å². The number of hydrogen-bond donors (Lipinski definition) is 1. The first-order valence-corrected chi connectivity index (χ1v) is 9.91. The number of anilines is 1. The minimum Gasteiger partial charge on any atom is -0.438 e. The lowest BCUT2D eigenvalue weighted by molar-refractivity contribution is -0.137. The van der Waals surface area contributed by atoms with Gasteiger partial charge in [-0.2, -0.15) is 13.2 Å². The SMILES string of the molecule is O=C(Nc1ccccc1)c1cc2cc(Br)ccc2oc1=Nc1ccc(C(F)(F)F)cc1. The third kappa shape index (κ3) is 4.86. The van der Waals surface area contributed by atoms with Crippen molar-refractivity contribution in [3.63, 3.8) is 0 Å². The van der Waals surface area contributed by atoms with Crippen molar-refractivity contribution < 1.29 is 22.4 Å². The van der Waals surface area contributed by atoms with E-state index in [1.807, 2.05) is 6.07 Å². The van der Waals surface area contributed by atoms with Crippen LogP contribution in [0.2, 0.25) is 0 Å². The van der Waals surface area contributed by atoms with E-state index in [1.54, 1.807) is 48.5 Å². The largest absolute Gasteiger partial charge is 0.438 e. The molecule has 8 heteroatoms. The van der Waals surface area contributed by atoms with Gasteiger partial charge in [-0.3, -0.25) is 4.79 Å². The number of amides is 1. The minimum absolute atomic E-state index is 0.0111. The van der Waals surface area contributed by atoms with Gasteiger partial charge in [-0.1, -0.05) is 34.1 Å². The molecule has 0 radical (unpaired) electrons. The number of nitrogens with one attached hydrogen (secondary N) is 1. The summed E-state index contributed by atoms with van der Waals surface area (Å²) in [4.78, 5) is 17.2. The Hall–Kier alpha value is -3.39. The highest BCUT2D eigenvalue weighted by atomic mass is 79.9. The number of fused-ring (bicyclic) bond motifs is 1. The first-order valence-electron chi connectivity index (χ1n) is 9.11. The Kier molecular flexibility index (Phi) is 5.65. The van der Waals surface area contributed by atoms with Crippen LogP contribution >= 0.6 is 15.9 Å². The lowest BCUT2D eigenvalue weighted by atomic mass is 10.1. The van der Waals surface area contributed by atoms with Gasteiger partial charge < -0.3 is 9.73 Å². The van der Waals surface area contributed by atoms with Gasteiger partial charge in [0, 0.05) is 15.5 Å². The Morgan fingerprint density at radius 2 is 1.65 bits per heavy atom. The fraction of sp³-hybridized carbons (Fsp3) is 0.0435. The smallest absolute Gasteiger partial charge is 0.416 e. The fourth-order valence-corrected chi connectivity index (χ4v) is 3.29. The molecule has 31 heavy (non-hydrogen) atoms. The second-order valence-electron chi connectivity index (χ2n) is 6.62. The third-order valence-electron chi connectivity index (χ3n) is 4.41. The first-order chi connectivity index (χ1) is 14.8. The molecular formula is C23H14BrF3N2O2. The van der Waals surface area contributed by atoms with Gasteiger partial charge >= 0.3 is 6.18 Å². The average molecular weight is 487 g/mol. The zero-order chi connectivity index (χ0) is 22.0. The molecule has 4 rings (SSSR count). The van der Waals surface area contributed by atoms with Gasteiger partial charge in [0.15, 0.2) is 0 Å². The molecule has 0 bridgehead atoms. The number of alkyl halides is 3. The van der Waals surface area contributed by atoms with Gasteiger partial charge in [-0.25, -0.2) is 4.99 Å². The number of halogens is 4. The lowest BCUT2D eigenvalue weighted by Gasteiger charge is -2.08. The highest BCUT2D eigenvalue weighted by molar-refractivity contribution is 9.10. The summed E-state index contributed by atoms with van der Waals surface area (Å²) in [5, 5.41) is 3.44. The lowest BCUT2D eigenvalue weighted by Crippen LogP contribution is -2.21. The van der Waals surface area contributed by atoms with Gasteiger partial charge in [-0.05, 0) is 60.7 Å². The van der Waals surface area contributed by atoms with Crippen molar-refractivity contribution in [3.8, 4) is 0 Å². The van der Waals surface area contributed by atoms with Crippen LogP contribution in [0.5, 0.6) is 0 Å². The molecule has 0 atom stereocenters. The van der Waals surface area contributed by atoms with E-state index in [4.69, 9.17) is 4.42 Å². The molecule has 1 aromatic heterocycles. The topological polar surface area (TPSA) is 54.6 Å². The van der Waals surface area contributed by atoms with E-state index < -0.39 is 17.6 Å². The maximum absolute atomic E-state index is 12.9. The summed E-state index contributed by atoms with van der Waals surface area (Å²) in [6.07, 6.45) is -4.44. The summed E-state index contributed by atoms with van der Waals surface area (Å²) >= 11 is 3.39. The van der Waals surface area contributed by atoms with Crippen molar-refractivity contribution in [1.29, 1.82) is 0 Å². The second kappa shape index (κ2) is 8.39. The molecule has 4 aromatic rings. The Morgan fingerprint density at radius 1 is 0.935 bits per heavy atom. The highest BCUT2D eigenvalue weighted by Crippen LogP contribution is 2.30. The second-order valence-corrected chi connectivity index (χ2v) is 7.54. The Bertz CT molecular complexity index is 1310. The molecule has 0 aliphatic heterocycles. The van der Waals surface area contributed by atoms with Gasteiger partial charge in [0.25, 0.3) is 5.91 Å². The van der Waals surface area contributed by atoms with Crippen LogP contribution in [-0.2, 0) is 6.18 Å². The van der Waals surface area contributed by atoms with Crippen LogP contribution in [0.25, 0.3) is 11.0 Å². The zero-order valence-electron chi connectivity index (χ0n) is 15.8. The number of rotatable bonds is 3. The quantitative estimate of drug-likeness (QED) is 0.350. The average Bonchev–Trinajstić information content (AvgIpc) is 2.74. The van der Waals surface area contributed by atoms with E-state index in [2.05, 4.69) is 26.2 Å². The fourth-order valence-electron chi connectivity index (χ4n) is 2.91. The molecule has 0 fully saturated rings. The van der Waals surface area contributed by atoms with E-state index in [0.717, 1.165) is 16.6 Å². The molecule has 0 saturated carbocycles. The van der Waals surface area contributed by atoms with Crippen LogP contribution in [0.1, 0.15) is 15.9 Å². The monoisotopic (exact) mass is 486 g/mol. The van der Waals surface area contributed by atoms with Crippen molar-refractivity contribution in [2.75, 3.05) is 5.32 Å². The van der Waals surface area contributed by atoms with Crippen molar-refractivity contribution in [2.24, 2.45) is 4.99 Å². The maximum Gasteiger partial charge on any atom is 0.416 e. The minimum atomic E-state index is -4.44. The summed E-state index contributed by atoms with van der Waals surface area (Å²) in [5.41, 5.74) is 0.639. The van der Waals surface area contributed by atoms with Gasteiger partial charge in [0.2, 0.25) is 5.55 Å². The summed E-state index contributed by atoms with van der Waals surface area (Å²) in [6.45, 7) is 0. The summed E-state index contributed by atoms with van der Waals surface area (Å²) in [6, 6.07) is 20.1. The van der Waals surface area contributed by atoms with Gasteiger partial charge in [0.05, 0.1) is 11.3 Å². The van der Waals surface area contributed by atoms with E-state index >= 15 is 0 Å². The molecule has 1 N–H and O–H groups in total. The normalized spacial score (nSPS) is 12.2. The number of hydrogen-bond acceptors (Lipinski definition) is 3. The Labute approximate surface area is 183 Å². The molecule has 4 nitrogen and oxygen atoms in total. The number of benzene rings is 3. The molecule has 1 amide bonds. The standard InChI is InChI=1S/C23H14BrF3N2O2/c24-16-8-11-20-14(12-16)13-19(21(30)28-17-4-2-1-3-5-17)22(31-20)29-18-9-6-15(7-10-18)23(25,26)27/h1-13H,(H,28,30). The molecule has 0 aliphatic carbocycles.